The molecule has 29 heavy (non-hydrogen) atoms. The molecule has 7 nitrogen and oxygen atoms in total. The second kappa shape index (κ2) is 12.6. The minimum absolute atomic E-state index is 0.141. The number of amides is 2. The average Bonchev–Trinajstić information content (AvgIpc) is 2.85. The summed E-state index contributed by atoms with van der Waals surface area (Å²) in [6.45, 7) is 6.81. The Bertz CT molecular complexity index is 508. The predicted octanol–water partition coefficient (Wildman–Crippen LogP) is 4.58. The molecule has 1 fully saturated rings. The Hall–Kier alpha value is -1.02. The van der Waals surface area contributed by atoms with E-state index in [0.717, 1.165) is 57.8 Å². The number of hydrazine groups is 1. The van der Waals surface area contributed by atoms with Crippen LogP contribution in [0, 0.1) is 5.21 Å². The normalized spacial score (nSPS) is 22.3. The van der Waals surface area contributed by atoms with Crippen molar-refractivity contribution in [1.82, 2.24) is 10.0 Å². The van der Waals surface area contributed by atoms with E-state index in [2.05, 4.69) is 6.92 Å². The Labute approximate surface area is 177 Å². The van der Waals surface area contributed by atoms with Gasteiger partial charge in [-0.15, -0.1) is 0 Å². The van der Waals surface area contributed by atoms with Gasteiger partial charge >= 0.3 is 6.03 Å². The molecule has 1 rings (SSSR count). The van der Waals surface area contributed by atoms with Gasteiger partial charge in [-0.3, -0.25) is 4.65 Å². The lowest BCUT2D eigenvalue weighted by atomic mass is 9.94. The average molecular weight is 414 g/mol. The van der Waals surface area contributed by atoms with E-state index in [4.69, 9.17) is 0 Å². The second-order valence-electron chi connectivity index (χ2n) is 9.16. The molecule has 7 heteroatoms. The summed E-state index contributed by atoms with van der Waals surface area (Å²) in [7, 11) is 1.40. The third-order valence-electron chi connectivity index (χ3n) is 5.78. The van der Waals surface area contributed by atoms with Gasteiger partial charge in [0, 0.05) is 19.5 Å². The summed E-state index contributed by atoms with van der Waals surface area (Å²) in [6, 6.07) is -0.437. The van der Waals surface area contributed by atoms with Gasteiger partial charge in [-0.1, -0.05) is 51.9 Å². The van der Waals surface area contributed by atoms with Crippen molar-refractivity contribution in [2.24, 2.45) is 0 Å². The van der Waals surface area contributed by atoms with Crippen LogP contribution in [-0.4, -0.2) is 64.0 Å². The number of urea groups is 1. The maximum absolute atomic E-state index is 12.5. The van der Waals surface area contributed by atoms with Gasteiger partial charge in [0.05, 0.1) is 12.6 Å². The third kappa shape index (κ3) is 10.0. The SMILES string of the molecule is CCCCCCC(C)(O)CCN1C(=O)[N+](C)([O-])CN1CCCCCCCC(C)=O. The van der Waals surface area contributed by atoms with Crippen LogP contribution in [0.4, 0.5) is 4.79 Å². The summed E-state index contributed by atoms with van der Waals surface area (Å²) in [5, 5.41) is 26.5. The zero-order valence-electron chi connectivity index (χ0n) is 19.1. The van der Waals surface area contributed by atoms with Crippen LogP contribution in [0.15, 0.2) is 0 Å². The molecule has 0 aromatic heterocycles. The van der Waals surface area contributed by atoms with Crippen LogP contribution in [0.2, 0.25) is 0 Å². The van der Waals surface area contributed by atoms with E-state index in [1.54, 1.807) is 11.9 Å². The molecule has 1 saturated heterocycles. The van der Waals surface area contributed by atoms with E-state index in [9.17, 15) is 19.9 Å². The number of carbonyl (C=O) groups is 2. The number of rotatable bonds is 16. The first-order valence-corrected chi connectivity index (χ1v) is 11.4. The molecule has 1 N–H and O–H groups in total. The van der Waals surface area contributed by atoms with Gasteiger partial charge < -0.3 is 15.1 Å². The third-order valence-corrected chi connectivity index (χ3v) is 5.78. The lowest BCUT2D eigenvalue weighted by Crippen LogP contribution is -2.44. The molecule has 1 aliphatic rings. The summed E-state index contributed by atoms with van der Waals surface area (Å²) >= 11 is 0. The zero-order valence-corrected chi connectivity index (χ0v) is 19.1. The van der Waals surface area contributed by atoms with Crippen LogP contribution in [0.5, 0.6) is 0 Å². The molecule has 0 aromatic rings. The summed E-state index contributed by atoms with van der Waals surface area (Å²) < 4.78 is -0.906. The standard InChI is InChI=1S/C22H43N3O4/c1-5-6-7-12-15-22(3,28)16-18-24-21(27)25(4,29)19-23(24)17-13-10-8-9-11-14-20(2)26/h28H,5-19H2,1-4H3. The minimum Gasteiger partial charge on any atom is -0.623 e. The number of hydroxylamine groups is 3. The van der Waals surface area contributed by atoms with Crippen LogP contribution in [0.25, 0.3) is 0 Å². The van der Waals surface area contributed by atoms with Crippen molar-refractivity contribution in [3.8, 4) is 0 Å². The van der Waals surface area contributed by atoms with Crippen LogP contribution < -0.4 is 0 Å². The highest BCUT2D eigenvalue weighted by Crippen LogP contribution is 2.25. The van der Waals surface area contributed by atoms with Crippen molar-refractivity contribution in [3.05, 3.63) is 5.21 Å². The first-order valence-electron chi connectivity index (χ1n) is 11.4. The molecule has 0 bridgehead atoms. The van der Waals surface area contributed by atoms with Crippen molar-refractivity contribution in [1.29, 1.82) is 0 Å². The number of unbranched alkanes of at least 4 members (excludes halogenated alkanes) is 7. The highest BCUT2D eigenvalue weighted by molar-refractivity contribution is 5.75. The van der Waals surface area contributed by atoms with E-state index in [1.165, 1.54) is 13.5 Å². The Morgan fingerprint density at radius 2 is 1.69 bits per heavy atom. The molecule has 170 valence electrons. The highest BCUT2D eigenvalue weighted by atomic mass is 16.6. The molecule has 2 amide bonds. The van der Waals surface area contributed by atoms with Crippen molar-refractivity contribution < 1.29 is 19.3 Å². The molecule has 0 aromatic carbocycles. The fraction of sp³-hybridized carbons (Fsp3) is 0.909. The summed E-state index contributed by atoms with van der Waals surface area (Å²) in [4.78, 5) is 23.5. The fourth-order valence-corrected chi connectivity index (χ4v) is 3.84. The van der Waals surface area contributed by atoms with Crippen molar-refractivity contribution in [3.63, 3.8) is 0 Å². The molecule has 0 saturated carbocycles. The summed E-state index contributed by atoms with van der Waals surface area (Å²) in [6.07, 6.45) is 11.3. The largest absolute Gasteiger partial charge is 0.623 e. The molecular weight excluding hydrogens is 370 g/mol. The molecule has 0 radical (unpaired) electrons. The van der Waals surface area contributed by atoms with Crippen molar-refractivity contribution in [2.45, 2.75) is 103 Å². The number of hydrogen-bond acceptors (Lipinski definition) is 5. The molecule has 2 atom stereocenters. The number of carbonyl (C=O) groups excluding carboxylic acids is 2. The van der Waals surface area contributed by atoms with E-state index in [0.29, 0.717) is 25.9 Å². The maximum atomic E-state index is 12.5. The minimum atomic E-state index is -0.906. The maximum Gasteiger partial charge on any atom is 0.434 e. The number of aliphatic hydroxyl groups is 1. The first-order chi connectivity index (χ1) is 13.6. The predicted molar refractivity (Wildman–Crippen MR) is 116 cm³/mol. The van der Waals surface area contributed by atoms with Crippen LogP contribution in [0.3, 0.4) is 0 Å². The smallest absolute Gasteiger partial charge is 0.434 e. The van der Waals surface area contributed by atoms with Crippen molar-refractivity contribution in [2.75, 3.05) is 26.8 Å². The van der Waals surface area contributed by atoms with Crippen LogP contribution in [0.1, 0.15) is 97.8 Å². The number of nitrogens with zero attached hydrogens (tertiary/aromatic N) is 3. The van der Waals surface area contributed by atoms with Crippen LogP contribution in [-0.2, 0) is 4.79 Å². The van der Waals surface area contributed by atoms with Gasteiger partial charge in [-0.05, 0) is 39.5 Å². The van der Waals surface area contributed by atoms with Crippen molar-refractivity contribution >= 4 is 11.8 Å². The van der Waals surface area contributed by atoms with E-state index >= 15 is 0 Å². The van der Waals surface area contributed by atoms with Gasteiger partial charge in [0.25, 0.3) is 0 Å². The first kappa shape index (κ1) is 26.0. The topological polar surface area (TPSA) is 83.9 Å². The molecule has 1 aliphatic heterocycles. The van der Waals surface area contributed by atoms with Gasteiger partial charge in [0.15, 0.2) is 6.67 Å². The molecular formula is C22H43N3O4. The Kier molecular flexibility index (Phi) is 11.3. The fourth-order valence-electron chi connectivity index (χ4n) is 3.84. The van der Waals surface area contributed by atoms with Gasteiger partial charge in [-0.2, -0.15) is 5.01 Å². The molecule has 1 heterocycles. The molecule has 2 unspecified atom stereocenters. The quantitative estimate of drug-likeness (QED) is 0.227. The Morgan fingerprint density at radius 1 is 1.07 bits per heavy atom. The molecule has 0 spiro atoms. The van der Waals surface area contributed by atoms with Crippen LogP contribution >= 0.6 is 0 Å². The zero-order chi connectivity index (χ0) is 21.9. The Balaban J connectivity index is 2.42. The number of Topliss-reactive ketones (excluding diaryl/α,β-unsaturated/α-hetero) is 1. The van der Waals surface area contributed by atoms with E-state index in [-0.39, 0.29) is 12.5 Å². The Morgan fingerprint density at radius 3 is 2.34 bits per heavy atom. The second-order valence-corrected chi connectivity index (χ2v) is 9.16. The lowest BCUT2D eigenvalue weighted by molar-refractivity contribution is -0.775. The summed E-state index contributed by atoms with van der Waals surface area (Å²) in [5.74, 6) is 0.241. The number of hydrogen-bond donors (Lipinski definition) is 1. The summed E-state index contributed by atoms with van der Waals surface area (Å²) in [5.41, 5.74) is -0.814. The lowest BCUT2D eigenvalue weighted by Gasteiger charge is -2.29. The number of quaternary nitrogens is 1. The van der Waals surface area contributed by atoms with Gasteiger partial charge in [0.2, 0.25) is 0 Å². The molecule has 0 aliphatic carbocycles. The van der Waals surface area contributed by atoms with E-state index in [1.807, 2.05) is 11.9 Å². The van der Waals surface area contributed by atoms with Gasteiger partial charge in [-0.25, -0.2) is 9.80 Å². The monoisotopic (exact) mass is 413 g/mol. The van der Waals surface area contributed by atoms with E-state index < -0.39 is 16.3 Å². The number of ketones is 1. The van der Waals surface area contributed by atoms with Gasteiger partial charge in [0.1, 0.15) is 5.78 Å². The highest BCUT2D eigenvalue weighted by Gasteiger charge is 2.43.